The van der Waals surface area contributed by atoms with E-state index in [-0.39, 0.29) is 0 Å². The van der Waals surface area contributed by atoms with E-state index >= 15 is 0 Å². The van der Waals surface area contributed by atoms with Crippen LogP contribution < -0.4 is 5.32 Å². The number of nitrogens with one attached hydrogen (secondary N) is 1. The van der Waals surface area contributed by atoms with Crippen LogP contribution in [0.5, 0.6) is 0 Å². The van der Waals surface area contributed by atoms with Gasteiger partial charge < -0.3 is 5.32 Å². The average molecular weight is 249 g/mol. The quantitative estimate of drug-likeness (QED) is 0.848. The van der Waals surface area contributed by atoms with Crippen molar-refractivity contribution in [2.45, 2.75) is 51.5 Å². The standard InChI is InChI=1S/C15H23NS/c1-11-5-6-12(9-11)10-16-14-3-2-4-15-13(14)7-8-17-15/h7-8,11-12,14,16H,2-6,9-10H2,1H3. The number of hydrogen-bond donors (Lipinski definition) is 1. The van der Waals surface area contributed by atoms with Gasteiger partial charge >= 0.3 is 0 Å². The van der Waals surface area contributed by atoms with Gasteiger partial charge in [0, 0.05) is 10.9 Å². The van der Waals surface area contributed by atoms with E-state index in [0.717, 1.165) is 11.8 Å². The third-order valence-corrected chi connectivity index (χ3v) is 5.50. The zero-order valence-corrected chi connectivity index (χ0v) is 11.6. The minimum absolute atomic E-state index is 0.654. The molecule has 0 bridgehead atoms. The van der Waals surface area contributed by atoms with Crippen molar-refractivity contribution in [2.75, 3.05) is 6.54 Å². The summed E-state index contributed by atoms with van der Waals surface area (Å²) in [6, 6.07) is 2.99. The third kappa shape index (κ3) is 2.58. The molecule has 2 heteroatoms. The molecule has 0 saturated heterocycles. The van der Waals surface area contributed by atoms with Crippen molar-refractivity contribution in [3.63, 3.8) is 0 Å². The molecule has 1 aromatic rings. The van der Waals surface area contributed by atoms with Crippen molar-refractivity contribution in [3.8, 4) is 0 Å². The lowest BCUT2D eigenvalue weighted by Crippen LogP contribution is -2.28. The highest BCUT2D eigenvalue weighted by Crippen LogP contribution is 2.34. The maximum Gasteiger partial charge on any atom is 0.0331 e. The van der Waals surface area contributed by atoms with Gasteiger partial charge in [-0.2, -0.15) is 0 Å². The van der Waals surface area contributed by atoms with Crippen molar-refractivity contribution in [1.82, 2.24) is 5.32 Å². The SMILES string of the molecule is CC1CCC(CNC2CCCc3sccc32)C1. The smallest absolute Gasteiger partial charge is 0.0331 e. The Morgan fingerprint density at radius 3 is 3.12 bits per heavy atom. The molecule has 94 valence electrons. The van der Waals surface area contributed by atoms with Gasteiger partial charge in [-0.1, -0.05) is 13.3 Å². The van der Waals surface area contributed by atoms with Crippen molar-refractivity contribution in [3.05, 3.63) is 21.9 Å². The minimum Gasteiger partial charge on any atom is -0.310 e. The molecule has 1 aromatic heterocycles. The molecular weight excluding hydrogens is 226 g/mol. The van der Waals surface area contributed by atoms with Crippen molar-refractivity contribution >= 4 is 11.3 Å². The van der Waals surface area contributed by atoms with Gasteiger partial charge in [0.25, 0.3) is 0 Å². The van der Waals surface area contributed by atoms with Crippen LogP contribution >= 0.6 is 11.3 Å². The summed E-state index contributed by atoms with van der Waals surface area (Å²) in [4.78, 5) is 1.63. The van der Waals surface area contributed by atoms with E-state index in [4.69, 9.17) is 0 Å². The fraction of sp³-hybridized carbons (Fsp3) is 0.733. The molecule has 0 aliphatic heterocycles. The van der Waals surface area contributed by atoms with Gasteiger partial charge in [-0.15, -0.1) is 11.3 Å². The first-order chi connectivity index (χ1) is 8.33. The van der Waals surface area contributed by atoms with Gasteiger partial charge in [0.1, 0.15) is 0 Å². The fourth-order valence-corrected chi connectivity index (χ4v) is 4.51. The number of rotatable bonds is 3. The molecule has 0 radical (unpaired) electrons. The molecule has 1 N–H and O–H groups in total. The zero-order chi connectivity index (χ0) is 11.7. The Labute approximate surface area is 109 Å². The Morgan fingerprint density at radius 1 is 1.35 bits per heavy atom. The molecular formula is C15H23NS. The van der Waals surface area contributed by atoms with E-state index < -0.39 is 0 Å². The van der Waals surface area contributed by atoms with Crippen LogP contribution in [0.25, 0.3) is 0 Å². The second-order valence-electron chi connectivity index (χ2n) is 5.94. The average Bonchev–Trinajstić information content (AvgIpc) is 2.94. The predicted molar refractivity (Wildman–Crippen MR) is 74.5 cm³/mol. The van der Waals surface area contributed by atoms with E-state index in [1.165, 1.54) is 45.1 Å². The fourth-order valence-electron chi connectivity index (χ4n) is 3.52. The van der Waals surface area contributed by atoms with Gasteiger partial charge in [0.05, 0.1) is 0 Å². The van der Waals surface area contributed by atoms with Crippen LogP contribution in [0.3, 0.4) is 0 Å². The summed E-state index contributed by atoms with van der Waals surface area (Å²) in [6.07, 6.45) is 8.35. The van der Waals surface area contributed by atoms with Gasteiger partial charge in [-0.25, -0.2) is 0 Å². The van der Waals surface area contributed by atoms with E-state index in [2.05, 4.69) is 23.7 Å². The van der Waals surface area contributed by atoms with Crippen LogP contribution in [0.4, 0.5) is 0 Å². The summed E-state index contributed by atoms with van der Waals surface area (Å²) < 4.78 is 0. The maximum absolute atomic E-state index is 3.83. The molecule has 1 fully saturated rings. The Morgan fingerprint density at radius 2 is 2.29 bits per heavy atom. The molecule has 2 aliphatic rings. The number of aryl methyl sites for hydroxylation is 1. The Balaban J connectivity index is 1.56. The molecule has 3 atom stereocenters. The summed E-state index contributed by atoms with van der Waals surface area (Å²) in [5.41, 5.74) is 1.60. The Hall–Kier alpha value is -0.340. The Bertz CT molecular complexity index is 371. The molecule has 3 unspecified atom stereocenters. The van der Waals surface area contributed by atoms with Crippen LogP contribution in [0, 0.1) is 11.8 Å². The molecule has 1 saturated carbocycles. The predicted octanol–water partition coefficient (Wildman–Crippen LogP) is 4.15. The lowest BCUT2D eigenvalue weighted by Gasteiger charge is -2.25. The monoisotopic (exact) mass is 249 g/mol. The zero-order valence-electron chi connectivity index (χ0n) is 10.7. The highest BCUT2D eigenvalue weighted by molar-refractivity contribution is 7.10. The lowest BCUT2D eigenvalue weighted by molar-refractivity contribution is 0.399. The summed E-state index contributed by atoms with van der Waals surface area (Å²) >= 11 is 1.95. The van der Waals surface area contributed by atoms with E-state index in [0.29, 0.717) is 6.04 Å². The molecule has 1 heterocycles. The van der Waals surface area contributed by atoms with Crippen molar-refractivity contribution < 1.29 is 0 Å². The molecule has 1 nitrogen and oxygen atoms in total. The normalized spacial score (nSPS) is 32.6. The van der Waals surface area contributed by atoms with Crippen LogP contribution in [0.15, 0.2) is 11.4 Å². The first kappa shape index (κ1) is 11.7. The summed E-state index contributed by atoms with van der Waals surface area (Å²) in [7, 11) is 0. The first-order valence-corrected chi connectivity index (χ1v) is 8.00. The first-order valence-electron chi connectivity index (χ1n) is 7.12. The van der Waals surface area contributed by atoms with Crippen LogP contribution in [0.2, 0.25) is 0 Å². The number of fused-ring (bicyclic) bond motifs is 1. The van der Waals surface area contributed by atoms with Crippen LogP contribution in [-0.4, -0.2) is 6.54 Å². The van der Waals surface area contributed by atoms with E-state index in [9.17, 15) is 0 Å². The lowest BCUT2D eigenvalue weighted by atomic mass is 9.93. The molecule has 3 rings (SSSR count). The minimum atomic E-state index is 0.654. The largest absolute Gasteiger partial charge is 0.310 e. The van der Waals surface area contributed by atoms with E-state index in [1.54, 1.807) is 10.4 Å². The number of hydrogen-bond acceptors (Lipinski definition) is 2. The van der Waals surface area contributed by atoms with Gasteiger partial charge in [0.15, 0.2) is 0 Å². The molecule has 0 spiro atoms. The molecule has 0 aromatic carbocycles. The Kier molecular flexibility index (Phi) is 3.53. The van der Waals surface area contributed by atoms with Crippen molar-refractivity contribution in [1.29, 1.82) is 0 Å². The maximum atomic E-state index is 3.83. The highest BCUT2D eigenvalue weighted by Gasteiger charge is 2.24. The molecule has 0 amide bonds. The molecule has 17 heavy (non-hydrogen) atoms. The van der Waals surface area contributed by atoms with Crippen LogP contribution in [-0.2, 0) is 6.42 Å². The molecule has 2 aliphatic carbocycles. The van der Waals surface area contributed by atoms with E-state index in [1.807, 2.05) is 11.3 Å². The van der Waals surface area contributed by atoms with Crippen molar-refractivity contribution in [2.24, 2.45) is 11.8 Å². The summed E-state index contributed by atoms with van der Waals surface area (Å²) in [6.45, 7) is 3.64. The second kappa shape index (κ2) is 5.11. The van der Waals surface area contributed by atoms with Gasteiger partial charge in [0.2, 0.25) is 0 Å². The third-order valence-electron chi connectivity index (χ3n) is 4.51. The second-order valence-corrected chi connectivity index (χ2v) is 6.94. The summed E-state index contributed by atoms with van der Waals surface area (Å²) in [5, 5.41) is 6.10. The van der Waals surface area contributed by atoms with Gasteiger partial charge in [-0.05, 0) is 67.5 Å². The van der Waals surface area contributed by atoms with Crippen LogP contribution in [0.1, 0.15) is 55.5 Å². The topological polar surface area (TPSA) is 12.0 Å². The highest BCUT2D eigenvalue weighted by atomic mass is 32.1. The van der Waals surface area contributed by atoms with Gasteiger partial charge in [-0.3, -0.25) is 0 Å². The number of thiophene rings is 1. The summed E-state index contributed by atoms with van der Waals surface area (Å²) in [5.74, 6) is 1.90.